The lowest BCUT2D eigenvalue weighted by Gasteiger charge is -2.51. The van der Waals surface area contributed by atoms with Crippen molar-refractivity contribution in [3.05, 3.63) is 0 Å². The van der Waals surface area contributed by atoms with Crippen molar-refractivity contribution in [3.63, 3.8) is 0 Å². The Kier molecular flexibility index (Phi) is 29.9. The third kappa shape index (κ3) is 18.7. The van der Waals surface area contributed by atoms with Crippen LogP contribution in [-0.2, 0) is 90.2 Å². The van der Waals surface area contributed by atoms with Gasteiger partial charge in [-0.15, -0.1) is 0 Å². The van der Waals surface area contributed by atoms with Crippen LogP contribution >= 0.6 is 0 Å². The van der Waals surface area contributed by atoms with Crippen molar-refractivity contribution < 1.29 is 203 Å². The second-order valence-corrected chi connectivity index (χ2v) is 25.4. The van der Waals surface area contributed by atoms with E-state index in [-0.39, 0.29) is 0 Å². The maximum Gasteiger partial charge on any atom is 0.217 e. The number of hydrogen-bond donors (Lipinski definition) is 26. The standard InChI is InChI=1S/C56H94N4O41/c1-13(67)57-25-35(77)44(20(8-64)89-49(25)86)97-51-27(59-15(3)69)36(78)46(22(10-66)93-51)99-55-43(85)47(33(75)24(96-55)12-88-53-41(83)39(81)32(74)23(95-53)11-87-50-26(58-14(2)68)34(76)29(71)17(5-61)90-50)100-56-48(40(82)31(73)19(7-63)92-56)101-52-28(60-16(4)70)37(79)45(21(9-65)94-52)98-54-42(84)38(80)30(72)18(6-62)91-54/h17-56,61-66,71-86H,5-12H2,1-4H3,(H,57,67)(H,58,68)(H,59,69)(H,60,70)/t17-,18-,19-,20-,21-,22-,23-,24-,25-,26-,27-,28-,29-,30+,31-,32-,33-,34-,35-,36-,37-,38+,39+,40+,41+,42-,43+,44-,45-,46-,47+,48+,49-,50-,51+,52+,53+,54+,55+,56-/m1/s1. The average molecular weight is 1480 g/mol. The highest BCUT2D eigenvalue weighted by Gasteiger charge is 2.60. The first-order valence-electron chi connectivity index (χ1n) is 32.1. The summed E-state index contributed by atoms with van der Waals surface area (Å²) in [6, 6.07) is -6.92. The zero-order valence-corrected chi connectivity index (χ0v) is 54.3. The quantitative estimate of drug-likeness (QED) is 0.0382. The van der Waals surface area contributed by atoms with Gasteiger partial charge in [0.1, 0.15) is 195 Å². The highest BCUT2D eigenvalue weighted by Crippen LogP contribution is 2.39. The summed E-state index contributed by atoms with van der Waals surface area (Å²) >= 11 is 0. The van der Waals surface area contributed by atoms with Crippen molar-refractivity contribution in [3.8, 4) is 0 Å². The number of carbonyl (C=O) groups excluding carboxylic acids is 4. The predicted molar refractivity (Wildman–Crippen MR) is 311 cm³/mol. The third-order valence-corrected chi connectivity index (χ3v) is 18.2. The molecule has 101 heavy (non-hydrogen) atoms. The molecule has 584 valence electrons. The fourth-order valence-electron chi connectivity index (χ4n) is 12.9. The molecule has 8 saturated heterocycles. The van der Waals surface area contributed by atoms with Crippen molar-refractivity contribution in [2.45, 2.75) is 273 Å². The molecule has 0 spiro atoms. The van der Waals surface area contributed by atoms with Gasteiger partial charge in [0.15, 0.2) is 50.3 Å². The van der Waals surface area contributed by atoms with Crippen LogP contribution in [0.5, 0.6) is 0 Å². The summed E-state index contributed by atoms with van der Waals surface area (Å²) in [4.78, 5) is 49.9. The van der Waals surface area contributed by atoms with E-state index in [1.54, 1.807) is 0 Å². The van der Waals surface area contributed by atoms with E-state index in [1.807, 2.05) is 0 Å². The predicted octanol–water partition coefficient (Wildman–Crippen LogP) is -17.9. The Bertz CT molecular complexity index is 2640. The Morgan fingerprint density at radius 2 is 0.554 bits per heavy atom. The molecule has 8 heterocycles. The van der Waals surface area contributed by atoms with Gasteiger partial charge in [-0.05, 0) is 0 Å². The number of carbonyl (C=O) groups is 4. The number of amides is 4. The molecule has 0 bridgehead atoms. The first-order valence-corrected chi connectivity index (χ1v) is 32.1. The van der Waals surface area contributed by atoms with Crippen molar-refractivity contribution >= 4 is 23.6 Å². The number of aliphatic hydroxyl groups is 22. The van der Waals surface area contributed by atoms with Crippen molar-refractivity contribution in [1.82, 2.24) is 21.3 Å². The average Bonchev–Trinajstić information content (AvgIpc) is 0.771. The Balaban J connectivity index is 1.10. The molecule has 0 aromatic carbocycles. The van der Waals surface area contributed by atoms with E-state index in [2.05, 4.69) is 21.3 Å². The van der Waals surface area contributed by atoms with Crippen LogP contribution in [0.1, 0.15) is 27.7 Å². The van der Waals surface area contributed by atoms with E-state index >= 15 is 0 Å². The minimum Gasteiger partial charge on any atom is -0.394 e. The summed E-state index contributed by atoms with van der Waals surface area (Å²) in [7, 11) is 0. The van der Waals surface area contributed by atoms with E-state index in [9.17, 15) is 132 Å². The smallest absolute Gasteiger partial charge is 0.217 e. The van der Waals surface area contributed by atoms with Gasteiger partial charge >= 0.3 is 0 Å². The molecule has 45 nitrogen and oxygen atoms in total. The second-order valence-electron chi connectivity index (χ2n) is 25.4. The first kappa shape index (κ1) is 83.0. The molecule has 45 heteroatoms. The molecule has 4 amide bonds. The molecule has 0 radical (unpaired) electrons. The molecular weight excluding hydrogens is 1380 g/mol. The summed E-state index contributed by atoms with van der Waals surface area (Å²) < 4.78 is 87.9. The van der Waals surface area contributed by atoms with Crippen molar-refractivity contribution in [2.24, 2.45) is 0 Å². The van der Waals surface area contributed by atoms with Gasteiger partial charge in [-0.1, -0.05) is 0 Å². The largest absolute Gasteiger partial charge is 0.394 e. The lowest BCUT2D eigenvalue weighted by molar-refractivity contribution is -0.397. The van der Waals surface area contributed by atoms with E-state index in [0.29, 0.717) is 0 Å². The lowest BCUT2D eigenvalue weighted by atomic mass is 9.93. The molecular formula is C56H94N4O41. The first-order chi connectivity index (χ1) is 47.7. The second kappa shape index (κ2) is 36.3. The van der Waals surface area contributed by atoms with E-state index in [1.165, 1.54) is 0 Å². The van der Waals surface area contributed by atoms with Gasteiger partial charge in [0, 0.05) is 27.7 Å². The molecule has 0 unspecified atom stereocenters. The number of hydrogen-bond acceptors (Lipinski definition) is 41. The Morgan fingerprint density at radius 1 is 0.257 bits per heavy atom. The van der Waals surface area contributed by atoms with Gasteiger partial charge in [0.2, 0.25) is 23.6 Å². The van der Waals surface area contributed by atoms with Crippen LogP contribution in [0.15, 0.2) is 0 Å². The molecule has 0 aliphatic carbocycles. The Labute approximate surface area is 572 Å². The summed E-state index contributed by atoms with van der Waals surface area (Å²) in [6.07, 6.45) is -72.6. The summed E-state index contributed by atoms with van der Waals surface area (Å²) in [5.74, 6) is -3.35. The monoisotopic (exact) mass is 1480 g/mol. The highest BCUT2D eigenvalue weighted by molar-refractivity contribution is 5.74. The van der Waals surface area contributed by atoms with Gasteiger partial charge in [-0.3, -0.25) is 19.2 Å². The normalized spacial score (nSPS) is 48.3. The summed E-state index contributed by atoms with van der Waals surface area (Å²) in [5.41, 5.74) is 0. The molecule has 8 aliphatic heterocycles. The Morgan fingerprint density at radius 3 is 1.02 bits per heavy atom. The van der Waals surface area contributed by atoms with Crippen LogP contribution in [0.25, 0.3) is 0 Å². The number of aliphatic hydroxyl groups excluding tert-OH is 22. The molecule has 0 saturated carbocycles. The molecule has 0 aromatic heterocycles. The van der Waals surface area contributed by atoms with Crippen molar-refractivity contribution in [1.29, 1.82) is 0 Å². The van der Waals surface area contributed by atoms with Gasteiger partial charge in [-0.25, -0.2) is 0 Å². The van der Waals surface area contributed by atoms with Gasteiger partial charge in [0.25, 0.3) is 0 Å². The van der Waals surface area contributed by atoms with Gasteiger partial charge in [-0.2, -0.15) is 0 Å². The number of rotatable bonds is 26. The van der Waals surface area contributed by atoms with Crippen LogP contribution in [0.3, 0.4) is 0 Å². The molecule has 8 rings (SSSR count). The van der Waals surface area contributed by atoms with E-state index in [0.717, 1.165) is 27.7 Å². The SMILES string of the molecule is CC(=O)N[C@@H]1[C@@H](O)[C@H](O[C@@H]2O[C@H](CO)[C@@H](O[C@@H]3O[C@H](CO[C@H]4O[C@H](CO[C@@H]5O[C@H](CO)[C@@H](O)[C@H](O)[C@H]5NC(C)=O)[C@@H](O)[C@H](O)[C@@H]4O)[C@@H](O)[C@H](O[C@H]4O[C@H](CO)[C@@H](O)[C@H](O)[C@@H]4O[C@@H]4O[C@H](CO)[C@@H](O[C@@H]5O[C@H](CO)[C@H](O)[C@H](O)[C@H]5O)[C@H](O)[C@H]4NC(C)=O)[C@@H]3O)[C@H](O)[C@H]2NC(C)=O)[C@@H](CO)O[C@H]1O. The maximum atomic E-state index is 12.9. The topological polar surface area (TPSA) is 700 Å². The van der Waals surface area contributed by atoms with Crippen LogP contribution in [0.4, 0.5) is 0 Å². The highest BCUT2D eigenvalue weighted by atomic mass is 16.8. The van der Waals surface area contributed by atoms with Crippen LogP contribution in [0.2, 0.25) is 0 Å². The lowest BCUT2D eigenvalue weighted by Crippen LogP contribution is -2.71. The van der Waals surface area contributed by atoms with Gasteiger partial charge < -0.3 is 205 Å². The fraction of sp³-hybridized carbons (Fsp3) is 0.929. The Hall–Kier alpha value is -3.60. The third-order valence-electron chi connectivity index (χ3n) is 18.2. The summed E-state index contributed by atoms with van der Waals surface area (Å²) in [6.45, 7) is -4.12. The number of ether oxygens (including phenoxy) is 15. The number of nitrogens with one attached hydrogen (secondary N) is 4. The fourth-order valence-corrected chi connectivity index (χ4v) is 12.9. The zero-order valence-electron chi connectivity index (χ0n) is 54.3. The molecule has 8 aliphatic rings. The molecule has 0 aromatic rings. The minimum absolute atomic E-state index is 0.743. The molecule has 26 N–H and O–H groups in total. The van der Waals surface area contributed by atoms with Crippen LogP contribution in [-0.4, -0.2) is 434 Å². The maximum absolute atomic E-state index is 12.9. The summed E-state index contributed by atoms with van der Waals surface area (Å²) in [5, 5.41) is 252. The molecule has 40 atom stereocenters. The van der Waals surface area contributed by atoms with Crippen LogP contribution in [0, 0.1) is 0 Å². The minimum atomic E-state index is -2.50. The van der Waals surface area contributed by atoms with Crippen molar-refractivity contribution in [2.75, 3.05) is 52.9 Å². The van der Waals surface area contributed by atoms with Crippen LogP contribution < -0.4 is 21.3 Å². The zero-order chi connectivity index (χ0) is 74.5. The van der Waals surface area contributed by atoms with E-state index < -0.39 is 322 Å². The van der Waals surface area contributed by atoms with E-state index in [4.69, 9.17) is 71.1 Å². The molecule has 8 fully saturated rings. The van der Waals surface area contributed by atoms with Gasteiger partial charge in [0.05, 0.1) is 52.9 Å².